The molecule has 1 saturated carbocycles. The summed E-state index contributed by atoms with van der Waals surface area (Å²) in [6.45, 7) is 5.96. The van der Waals surface area contributed by atoms with Gasteiger partial charge in [-0.15, -0.1) is 5.10 Å². The van der Waals surface area contributed by atoms with Gasteiger partial charge in [-0.2, -0.15) is 0 Å². The summed E-state index contributed by atoms with van der Waals surface area (Å²) >= 11 is 0. The topological polar surface area (TPSA) is 93.4 Å². The summed E-state index contributed by atoms with van der Waals surface area (Å²) in [5, 5.41) is 8.70. The summed E-state index contributed by atoms with van der Waals surface area (Å²) < 4.78 is 47.6. The molecule has 11 heteroatoms. The van der Waals surface area contributed by atoms with Gasteiger partial charge >= 0.3 is 0 Å². The molecule has 2 aromatic heterocycles. The molecule has 0 N–H and O–H groups in total. The van der Waals surface area contributed by atoms with Crippen LogP contribution in [-0.4, -0.2) is 70.0 Å². The highest BCUT2D eigenvalue weighted by molar-refractivity contribution is 7.88. The van der Waals surface area contributed by atoms with Crippen molar-refractivity contribution in [1.29, 1.82) is 0 Å². The van der Waals surface area contributed by atoms with Crippen LogP contribution in [-0.2, 0) is 23.1 Å². The summed E-state index contributed by atoms with van der Waals surface area (Å²) in [5.41, 5.74) is 3.33. The number of halogens is 1. The molecule has 3 aromatic rings. The number of fused-ring (bicyclic) bond motifs is 2. The van der Waals surface area contributed by atoms with E-state index in [-0.39, 0.29) is 0 Å². The predicted octanol–water partition coefficient (Wildman–Crippen LogP) is 2.80. The van der Waals surface area contributed by atoms with E-state index in [4.69, 9.17) is 4.74 Å². The third kappa shape index (κ3) is 4.52. The molecule has 2 atom stereocenters. The molecule has 9 nitrogen and oxygen atoms in total. The maximum atomic E-state index is 14.1. The number of nitrogens with zero attached hydrogens (tertiary/aromatic N) is 6. The van der Waals surface area contributed by atoms with E-state index >= 15 is 0 Å². The van der Waals surface area contributed by atoms with Gasteiger partial charge in [0, 0.05) is 50.4 Å². The molecule has 0 spiro atoms. The fraction of sp³-hybridized carbons (Fsp3) is 0.542. The molecule has 35 heavy (non-hydrogen) atoms. The summed E-state index contributed by atoms with van der Waals surface area (Å²) in [6, 6.07) is 5.34. The second-order valence-electron chi connectivity index (χ2n) is 10.3. The minimum absolute atomic E-state index is 0.290. The Bertz CT molecular complexity index is 1380. The number of ether oxygens (including phenoxy) is 1. The molecular formula is C24H29FN6O3S. The van der Waals surface area contributed by atoms with Crippen molar-refractivity contribution in [2.75, 3.05) is 32.4 Å². The molecule has 1 aromatic carbocycles. The van der Waals surface area contributed by atoms with Crippen LogP contribution >= 0.6 is 0 Å². The summed E-state index contributed by atoms with van der Waals surface area (Å²) in [7, 11) is -3.17. The summed E-state index contributed by atoms with van der Waals surface area (Å²) in [6.07, 6.45) is 4.92. The Kier molecular flexibility index (Phi) is 5.53. The molecule has 1 aliphatic carbocycles. The predicted molar refractivity (Wildman–Crippen MR) is 128 cm³/mol. The van der Waals surface area contributed by atoms with Crippen LogP contribution in [0.25, 0.3) is 11.0 Å². The van der Waals surface area contributed by atoms with Crippen LogP contribution in [0.4, 0.5) is 4.39 Å². The molecule has 3 fully saturated rings. The molecule has 186 valence electrons. The third-order valence-corrected chi connectivity index (χ3v) is 8.74. The van der Waals surface area contributed by atoms with E-state index in [1.807, 2.05) is 23.7 Å². The Morgan fingerprint density at radius 2 is 1.89 bits per heavy atom. The van der Waals surface area contributed by atoms with Gasteiger partial charge in [0.2, 0.25) is 15.9 Å². The molecule has 2 saturated heterocycles. The second-order valence-corrected chi connectivity index (χ2v) is 12.3. The molecule has 3 aliphatic rings. The number of rotatable bonds is 7. The first-order chi connectivity index (χ1) is 16.7. The van der Waals surface area contributed by atoms with Crippen molar-refractivity contribution in [1.82, 2.24) is 29.2 Å². The summed E-state index contributed by atoms with van der Waals surface area (Å²) in [4.78, 5) is 6.49. The van der Waals surface area contributed by atoms with Crippen molar-refractivity contribution >= 4 is 21.1 Å². The van der Waals surface area contributed by atoms with Crippen LogP contribution in [0.5, 0.6) is 11.6 Å². The van der Waals surface area contributed by atoms with Gasteiger partial charge in [-0.25, -0.2) is 26.8 Å². The van der Waals surface area contributed by atoms with Gasteiger partial charge in [-0.3, -0.25) is 4.90 Å². The minimum atomic E-state index is -3.17. The highest BCUT2D eigenvalue weighted by atomic mass is 32.2. The van der Waals surface area contributed by atoms with E-state index in [9.17, 15) is 12.8 Å². The van der Waals surface area contributed by atoms with E-state index in [0.29, 0.717) is 54.6 Å². The number of aryl methyl sites for hydroxylation is 1. The lowest BCUT2D eigenvalue weighted by atomic mass is 10.0. The van der Waals surface area contributed by atoms with E-state index in [1.165, 1.54) is 31.4 Å². The number of benzene rings is 1. The average Bonchev–Trinajstić information content (AvgIpc) is 3.18. The molecule has 4 heterocycles. The Hall–Kier alpha value is -2.63. The van der Waals surface area contributed by atoms with Crippen LogP contribution in [0.15, 0.2) is 24.4 Å². The molecule has 0 bridgehead atoms. The number of pyridine rings is 1. The zero-order chi connectivity index (χ0) is 24.3. The molecule has 2 unspecified atom stereocenters. The zero-order valence-corrected chi connectivity index (χ0v) is 20.7. The van der Waals surface area contributed by atoms with Crippen molar-refractivity contribution in [3.8, 4) is 11.6 Å². The molecular weight excluding hydrogens is 471 g/mol. The monoisotopic (exact) mass is 500 g/mol. The summed E-state index contributed by atoms with van der Waals surface area (Å²) in [5.74, 6) is 1.86. The molecule has 2 aliphatic heterocycles. The first kappa shape index (κ1) is 22.8. The molecule has 0 amide bonds. The highest BCUT2D eigenvalue weighted by Gasteiger charge is 2.42. The van der Waals surface area contributed by atoms with Gasteiger partial charge in [0.05, 0.1) is 18.0 Å². The Balaban J connectivity index is 1.20. The van der Waals surface area contributed by atoms with Crippen molar-refractivity contribution in [2.24, 2.45) is 17.8 Å². The quantitative estimate of drug-likeness (QED) is 0.492. The van der Waals surface area contributed by atoms with Crippen LogP contribution in [0.1, 0.15) is 24.0 Å². The van der Waals surface area contributed by atoms with Gasteiger partial charge in [-0.05, 0) is 55.7 Å². The smallest absolute Gasteiger partial charge is 0.223 e. The number of sulfonamides is 1. The van der Waals surface area contributed by atoms with Gasteiger partial charge in [-0.1, -0.05) is 5.21 Å². The van der Waals surface area contributed by atoms with Crippen LogP contribution in [0.2, 0.25) is 0 Å². The van der Waals surface area contributed by atoms with Crippen LogP contribution < -0.4 is 4.74 Å². The highest BCUT2D eigenvalue weighted by Crippen LogP contribution is 2.36. The lowest BCUT2D eigenvalue weighted by molar-refractivity contribution is 0.285. The van der Waals surface area contributed by atoms with Crippen LogP contribution in [0, 0.1) is 30.5 Å². The van der Waals surface area contributed by atoms with E-state index < -0.39 is 15.8 Å². The normalized spacial score (nSPS) is 23.3. The lowest BCUT2D eigenvalue weighted by Gasteiger charge is -2.21. The Morgan fingerprint density at radius 3 is 2.57 bits per heavy atom. The fourth-order valence-corrected chi connectivity index (χ4v) is 6.33. The first-order valence-electron chi connectivity index (χ1n) is 12.1. The van der Waals surface area contributed by atoms with Crippen molar-refractivity contribution in [3.05, 3.63) is 41.3 Å². The largest absolute Gasteiger partial charge is 0.438 e. The average molecular weight is 501 g/mol. The Labute approximate surface area is 203 Å². The minimum Gasteiger partial charge on any atom is -0.438 e. The SMILES string of the molecule is Cc1c(Oc2ncc(F)cc2CN2CC3CN(S(C)(=O)=O)CC3C2)ccc2c1nnn2CC1CC1. The van der Waals surface area contributed by atoms with Gasteiger partial charge in [0.1, 0.15) is 17.1 Å². The number of likely N-dealkylation sites (tertiary alicyclic amines) is 1. The fourth-order valence-electron chi connectivity index (χ4n) is 5.41. The number of aromatic nitrogens is 4. The van der Waals surface area contributed by atoms with Crippen molar-refractivity contribution in [3.63, 3.8) is 0 Å². The number of hydrogen-bond acceptors (Lipinski definition) is 7. The van der Waals surface area contributed by atoms with E-state index in [1.54, 1.807) is 4.31 Å². The van der Waals surface area contributed by atoms with Gasteiger partial charge in [0.25, 0.3) is 0 Å². The third-order valence-electron chi connectivity index (χ3n) is 7.51. The van der Waals surface area contributed by atoms with Crippen LogP contribution in [0.3, 0.4) is 0 Å². The molecule has 0 radical (unpaired) electrons. The van der Waals surface area contributed by atoms with Crippen molar-refractivity contribution < 1.29 is 17.5 Å². The van der Waals surface area contributed by atoms with Crippen molar-refractivity contribution in [2.45, 2.75) is 32.9 Å². The molecule has 6 rings (SSSR count). The number of hydrogen-bond donors (Lipinski definition) is 0. The van der Waals surface area contributed by atoms with E-state index in [0.717, 1.165) is 36.2 Å². The first-order valence-corrected chi connectivity index (χ1v) is 13.9. The van der Waals surface area contributed by atoms with Gasteiger partial charge < -0.3 is 4.74 Å². The van der Waals surface area contributed by atoms with E-state index in [2.05, 4.69) is 20.2 Å². The standard InChI is InChI=1S/C24H29FN6O3S/c1-15-22(6-5-21-23(15)27-28-31(21)9-16-3-4-16)34-24-17(7-20(25)8-26-24)10-29-11-18-13-30(35(2,32)33)14-19(18)12-29/h5-8,16,18-19H,3-4,9-14H2,1-2H3. The Morgan fingerprint density at radius 1 is 1.14 bits per heavy atom. The van der Waals surface area contributed by atoms with Gasteiger partial charge in [0.15, 0.2) is 0 Å². The second kappa shape index (κ2) is 8.49. The maximum absolute atomic E-state index is 14.1. The maximum Gasteiger partial charge on any atom is 0.223 e. The lowest BCUT2D eigenvalue weighted by Crippen LogP contribution is -2.32. The zero-order valence-electron chi connectivity index (χ0n) is 19.9.